The number of aromatic nitrogens is 4. The Balaban J connectivity index is 1.77. The lowest BCUT2D eigenvalue weighted by Gasteiger charge is -2.15. The van der Waals surface area contributed by atoms with Crippen LogP contribution in [-0.4, -0.2) is 42.5 Å². The molecule has 11 heteroatoms. The number of carbonyl (C=O) groups excluding carboxylic acids is 2. The van der Waals surface area contributed by atoms with E-state index >= 15 is 0 Å². The Morgan fingerprint density at radius 1 is 1.28 bits per heavy atom. The van der Waals surface area contributed by atoms with Crippen molar-refractivity contribution in [2.75, 3.05) is 5.32 Å². The van der Waals surface area contributed by atoms with Crippen LogP contribution in [0, 0.1) is 0 Å². The van der Waals surface area contributed by atoms with Gasteiger partial charge in [-0.15, -0.1) is 0 Å². The van der Waals surface area contributed by atoms with Gasteiger partial charge >= 0.3 is 5.97 Å². The lowest BCUT2D eigenvalue weighted by molar-refractivity contribution is -0.119. The van der Waals surface area contributed by atoms with Crippen LogP contribution in [0.5, 0.6) is 0 Å². The maximum atomic E-state index is 12.7. The first-order valence-electron chi connectivity index (χ1n) is 8.86. The summed E-state index contributed by atoms with van der Waals surface area (Å²) in [4.78, 5) is 36.6. The summed E-state index contributed by atoms with van der Waals surface area (Å²) in [6, 6.07) is 3.83. The van der Waals surface area contributed by atoms with Gasteiger partial charge < -0.3 is 20.2 Å². The first-order chi connectivity index (χ1) is 13.9. The second-order valence-electron chi connectivity index (χ2n) is 6.12. The highest BCUT2D eigenvalue weighted by Gasteiger charge is 2.25. The third-order valence-corrected chi connectivity index (χ3v) is 4.25. The summed E-state index contributed by atoms with van der Waals surface area (Å²) in [5.74, 6) is -1.58. The molecule has 0 aliphatic carbocycles. The van der Waals surface area contributed by atoms with Crippen LogP contribution in [0.3, 0.4) is 0 Å². The lowest BCUT2D eigenvalue weighted by atomic mass is 10.2. The Kier molecular flexibility index (Phi) is 5.77. The third kappa shape index (κ3) is 4.18. The SMILES string of the molecule is CCn1ncc(NC(=O)C(C)n2nccc2C(=O)O)c1C(=O)NCc1ccco1. The van der Waals surface area contributed by atoms with Gasteiger partial charge in [-0.1, -0.05) is 0 Å². The van der Waals surface area contributed by atoms with Crippen LogP contribution in [0.1, 0.15) is 46.6 Å². The molecule has 0 fully saturated rings. The molecule has 0 bridgehead atoms. The molecule has 0 saturated heterocycles. The summed E-state index contributed by atoms with van der Waals surface area (Å²) in [5, 5.41) is 22.6. The number of nitrogens with zero attached hydrogens (tertiary/aromatic N) is 4. The van der Waals surface area contributed by atoms with Gasteiger partial charge in [-0.05, 0) is 32.0 Å². The van der Waals surface area contributed by atoms with E-state index in [2.05, 4.69) is 20.8 Å². The Morgan fingerprint density at radius 2 is 2.07 bits per heavy atom. The van der Waals surface area contributed by atoms with Gasteiger partial charge in [0.05, 0.1) is 24.7 Å². The molecule has 29 heavy (non-hydrogen) atoms. The van der Waals surface area contributed by atoms with Crippen LogP contribution in [0.25, 0.3) is 0 Å². The summed E-state index contributed by atoms with van der Waals surface area (Å²) in [6.07, 6.45) is 4.18. The predicted octanol–water partition coefficient (Wildman–Crippen LogP) is 1.52. The number of anilines is 1. The van der Waals surface area contributed by atoms with Crippen molar-refractivity contribution in [2.24, 2.45) is 0 Å². The van der Waals surface area contributed by atoms with E-state index in [1.807, 2.05) is 6.92 Å². The van der Waals surface area contributed by atoms with E-state index in [1.165, 1.54) is 36.3 Å². The Bertz CT molecular complexity index is 1020. The first kappa shape index (κ1) is 19.9. The van der Waals surface area contributed by atoms with Gasteiger partial charge in [-0.2, -0.15) is 10.2 Å². The molecule has 0 aromatic carbocycles. The summed E-state index contributed by atoms with van der Waals surface area (Å²) in [5.41, 5.74) is 0.275. The molecule has 2 amide bonds. The molecular formula is C18H20N6O5. The van der Waals surface area contributed by atoms with Crippen LogP contribution in [-0.2, 0) is 17.9 Å². The first-order valence-corrected chi connectivity index (χ1v) is 8.86. The van der Waals surface area contributed by atoms with E-state index in [-0.39, 0.29) is 23.6 Å². The van der Waals surface area contributed by atoms with E-state index in [9.17, 15) is 19.5 Å². The Labute approximate surface area is 165 Å². The van der Waals surface area contributed by atoms with Gasteiger partial charge in [0.2, 0.25) is 5.91 Å². The molecule has 0 aliphatic rings. The van der Waals surface area contributed by atoms with Gasteiger partial charge in [-0.3, -0.25) is 14.3 Å². The number of rotatable bonds is 8. The summed E-state index contributed by atoms with van der Waals surface area (Å²) < 4.78 is 7.74. The fraction of sp³-hybridized carbons (Fsp3) is 0.278. The number of hydrogen-bond donors (Lipinski definition) is 3. The van der Waals surface area contributed by atoms with Gasteiger partial charge in [0.25, 0.3) is 5.91 Å². The minimum atomic E-state index is -1.20. The second kappa shape index (κ2) is 8.42. The molecule has 11 nitrogen and oxygen atoms in total. The van der Waals surface area contributed by atoms with E-state index in [0.717, 1.165) is 4.68 Å². The number of aryl methyl sites for hydroxylation is 1. The highest BCUT2D eigenvalue weighted by atomic mass is 16.4. The number of carboxylic acid groups (broad SMARTS) is 1. The monoisotopic (exact) mass is 400 g/mol. The second-order valence-corrected chi connectivity index (χ2v) is 6.12. The molecule has 3 aromatic heterocycles. The van der Waals surface area contributed by atoms with E-state index in [0.29, 0.717) is 12.3 Å². The highest BCUT2D eigenvalue weighted by molar-refractivity contribution is 6.03. The lowest BCUT2D eigenvalue weighted by Crippen LogP contribution is -2.30. The Morgan fingerprint density at radius 3 is 2.72 bits per heavy atom. The van der Waals surface area contributed by atoms with Crippen molar-refractivity contribution in [3.63, 3.8) is 0 Å². The van der Waals surface area contributed by atoms with Gasteiger partial charge in [-0.25, -0.2) is 9.48 Å². The third-order valence-electron chi connectivity index (χ3n) is 4.25. The molecule has 3 heterocycles. The molecule has 0 radical (unpaired) electrons. The molecule has 0 saturated carbocycles. The standard InChI is InChI=1S/C18H20N6O5/c1-3-23-15(17(26)19-9-12-5-4-8-29-12)13(10-21-23)22-16(25)11(2)24-14(18(27)28)6-7-20-24/h4-8,10-11H,3,9H2,1-2H3,(H,19,26)(H,22,25)(H,27,28). The summed E-state index contributed by atoms with van der Waals surface area (Å²) >= 11 is 0. The van der Waals surface area contributed by atoms with Crippen LogP contribution in [0.2, 0.25) is 0 Å². The molecule has 152 valence electrons. The molecular weight excluding hydrogens is 380 g/mol. The maximum Gasteiger partial charge on any atom is 0.354 e. The van der Waals surface area contributed by atoms with Gasteiger partial charge in [0.15, 0.2) is 0 Å². The zero-order valence-corrected chi connectivity index (χ0v) is 15.8. The molecule has 1 atom stereocenters. The van der Waals surface area contributed by atoms with Crippen molar-refractivity contribution in [2.45, 2.75) is 33.0 Å². The molecule has 3 aromatic rings. The minimum absolute atomic E-state index is 0.117. The van der Waals surface area contributed by atoms with Crippen LogP contribution >= 0.6 is 0 Å². The number of hydrogen-bond acceptors (Lipinski definition) is 6. The van der Waals surface area contributed by atoms with Crippen LogP contribution in [0.15, 0.2) is 41.3 Å². The van der Waals surface area contributed by atoms with Crippen molar-refractivity contribution in [1.29, 1.82) is 0 Å². The number of carbonyl (C=O) groups is 3. The van der Waals surface area contributed by atoms with Crippen molar-refractivity contribution >= 4 is 23.5 Å². The quantitative estimate of drug-likeness (QED) is 0.520. The average Bonchev–Trinajstić information content (AvgIpc) is 3.45. The van der Waals surface area contributed by atoms with Gasteiger partial charge in [0.1, 0.15) is 23.2 Å². The minimum Gasteiger partial charge on any atom is -0.477 e. The van der Waals surface area contributed by atoms with E-state index in [1.54, 1.807) is 12.1 Å². The van der Waals surface area contributed by atoms with Crippen molar-refractivity contribution in [3.8, 4) is 0 Å². The molecule has 3 rings (SSSR count). The zero-order chi connectivity index (χ0) is 21.0. The van der Waals surface area contributed by atoms with Crippen molar-refractivity contribution in [1.82, 2.24) is 24.9 Å². The normalized spacial score (nSPS) is 11.8. The fourth-order valence-electron chi connectivity index (χ4n) is 2.76. The van der Waals surface area contributed by atoms with Crippen LogP contribution < -0.4 is 10.6 Å². The number of aromatic carboxylic acids is 1. The number of furan rings is 1. The maximum absolute atomic E-state index is 12.7. The molecule has 0 spiro atoms. The predicted molar refractivity (Wildman–Crippen MR) is 100 cm³/mol. The fourth-order valence-corrected chi connectivity index (χ4v) is 2.76. The van der Waals surface area contributed by atoms with Gasteiger partial charge in [0, 0.05) is 12.7 Å². The van der Waals surface area contributed by atoms with Crippen molar-refractivity contribution < 1.29 is 23.9 Å². The number of amides is 2. The van der Waals surface area contributed by atoms with Crippen LogP contribution in [0.4, 0.5) is 5.69 Å². The molecule has 1 unspecified atom stereocenters. The molecule has 0 aliphatic heterocycles. The Hall–Kier alpha value is -3.89. The average molecular weight is 400 g/mol. The summed E-state index contributed by atoms with van der Waals surface area (Å²) in [6.45, 7) is 3.92. The van der Waals surface area contributed by atoms with E-state index in [4.69, 9.17) is 4.42 Å². The highest BCUT2D eigenvalue weighted by Crippen LogP contribution is 2.18. The number of nitrogens with one attached hydrogen (secondary N) is 2. The van der Waals surface area contributed by atoms with Crippen molar-refractivity contribution in [3.05, 3.63) is 54.0 Å². The summed E-state index contributed by atoms with van der Waals surface area (Å²) in [7, 11) is 0. The number of carboxylic acids is 1. The smallest absolute Gasteiger partial charge is 0.354 e. The zero-order valence-electron chi connectivity index (χ0n) is 15.8. The topological polar surface area (TPSA) is 144 Å². The molecule has 3 N–H and O–H groups in total. The largest absolute Gasteiger partial charge is 0.477 e. The van der Waals surface area contributed by atoms with E-state index < -0.39 is 23.8 Å².